The highest BCUT2D eigenvalue weighted by Gasteiger charge is 2.44. The number of hydrogen-bond acceptors (Lipinski definition) is 4. The van der Waals surface area contributed by atoms with E-state index in [1.807, 2.05) is 11.8 Å². The monoisotopic (exact) mass is 310 g/mol. The maximum atomic E-state index is 12.5. The molecule has 0 aromatic carbocycles. The first-order valence-electron chi connectivity index (χ1n) is 8.42. The Morgan fingerprint density at radius 2 is 1.95 bits per heavy atom. The van der Waals surface area contributed by atoms with Crippen molar-refractivity contribution in [1.29, 1.82) is 0 Å². The maximum absolute atomic E-state index is 12.5. The van der Waals surface area contributed by atoms with E-state index in [-0.39, 0.29) is 23.9 Å². The standard InChI is InChI=1S/C16H26N2O2S/c1-2-21-13-8-7-11(9-13)17-14-10-15(19)18(16(14)20)12-5-3-4-6-12/h11-14,17H,2-10H2,1H3. The maximum Gasteiger partial charge on any atom is 0.247 e. The van der Waals surface area contributed by atoms with Crippen molar-refractivity contribution in [2.75, 3.05) is 5.75 Å². The largest absolute Gasteiger partial charge is 0.303 e. The van der Waals surface area contributed by atoms with Crippen LogP contribution in [0.3, 0.4) is 0 Å². The predicted molar refractivity (Wildman–Crippen MR) is 85.2 cm³/mol. The molecule has 5 heteroatoms. The zero-order valence-electron chi connectivity index (χ0n) is 12.8. The van der Waals surface area contributed by atoms with Crippen molar-refractivity contribution in [3.63, 3.8) is 0 Å². The summed E-state index contributed by atoms with van der Waals surface area (Å²) in [4.78, 5) is 26.3. The number of thioether (sulfide) groups is 1. The number of imide groups is 1. The normalized spacial score (nSPS) is 34.3. The van der Waals surface area contributed by atoms with Crippen LogP contribution >= 0.6 is 11.8 Å². The topological polar surface area (TPSA) is 49.4 Å². The SMILES string of the molecule is CCSC1CCC(NC2CC(=O)N(C3CCCC3)C2=O)C1. The number of nitrogens with zero attached hydrogens (tertiary/aromatic N) is 1. The Balaban J connectivity index is 1.55. The van der Waals surface area contributed by atoms with E-state index in [9.17, 15) is 9.59 Å². The van der Waals surface area contributed by atoms with Gasteiger partial charge in [0.05, 0.1) is 12.5 Å². The Kier molecular flexibility index (Phi) is 4.89. The molecular weight excluding hydrogens is 284 g/mol. The lowest BCUT2D eigenvalue weighted by Gasteiger charge is -2.23. The van der Waals surface area contributed by atoms with E-state index in [1.54, 1.807) is 4.90 Å². The van der Waals surface area contributed by atoms with E-state index in [0.29, 0.717) is 12.5 Å². The summed E-state index contributed by atoms with van der Waals surface area (Å²) in [6.07, 6.45) is 8.19. The van der Waals surface area contributed by atoms with Crippen molar-refractivity contribution in [1.82, 2.24) is 10.2 Å². The molecule has 1 N–H and O–H groups in total. The molecule has 3 rings (SSSR count). The van der Waals surface area contributed by atoms with Gasteiger partial charge in [0.25, 0.3) is 0 Å². The molecule has 0 radical (unpaired) electrons. The lowest BCUT2D eigenvalue weighted by molar-refractivity contribution is -0.141. The molecule has 118 valence electrons. The number of carbonyl (C=O) groups excluding carboxylic acids is 2. The first-order valence-corrected chi connectivity index (χ1v) is 9.47. The predicted octanol–water partition coefficient (Wildman–Crippen LogP) is 2.32. The molecule has 1 heterocycles. The summed E-state index contributed by atoms with van der Waals surface area (Å²) in [5, 5.41) is 4.20. The molecule has 3 unspecified atom stereocenters. The Morgan fingerprint density at radius 1 is 1.19 bits per heavy atom. The molecule has 2 saturated carbocycles. The van der Waals surface area contributed by atoms with E-state index in [1.165, 1.54) is 6.42 Å². The fourth-order valence-corrected chi connectivity index (χ4v) is 5.23. The molecule has 2 amide bonds. The van der Waals surface area contributed by atoms with Crippen LogP contribution in [0.4, 0.5) is 0 Å². The second-order valence-electron chi connectivity index (χ2n) is 6.55. The van der Waals surface area contributed by atoms with Gasteiger partial charge < -0.3 is 5.32 Å². The highest BCUT2D eigenvalue weighted by Crippen LogP contribution is 2.32. The summed E-state index contributed by atoms with van der Waals surface area (Å²) in [7, 11) is 0. The third-order valence-electron chi connectivity index (χ3n) is 5.10. The van der Waals surface area contributed by atoms with Crippen LogP contribution < -0.4 is 5.32 Å². The fourth-order valence-electron chi connectivity index (χ4n) is 4.09. The summed E-state index contributed by atoms with van der Waals surface area (Å²) in [5.41, 5.74) is 0. The Hall–Kier alpha value is -0.550. The molecule has 4 nitrogen and oxygen atoms in total. The first kappa shape index (κ1) is 15.3. The van der Waals surface area contributed by atoms with E-state index in [4.69, 9.17) is 0 Å². The molecule has 0 aromatic heterocycles. The van der Waals surface area contributed by atoms with Crippen LogP contribution in [0.15, 0.2) is 0 Å². The molecule has 0 bridgehead atoms. The molecule has 0 aromatic rings. The van der Waals surface area contributed by atoms with Gasteiger partial charge in [-0.3, -0.25) is 14.5 Å². The third-order valence-corrected chi connectivity index (χ3v) is 6.33. The molecule has 1 saturated heterocycles. The van der Waals surface area contributed by atoms with Crippen molar-refractivity contribution >= 4 is 23.6 Å². The lowest BCUT2D eigenvalue weighted by atomic mass is 10.2. The van der Waals surface area contributed by atoms with Crippen molar-refractivity contribution in [2.45, 2.75) is 81.7 Å². The fraction of sp³-hybridized carbons (Fsp3) is 0.875. The Labute approximate surface area is 131 Å². The van der Waals surface area contributed by atoms with Crippen LogP contribution in [-0.4, -0.2) is 45.8 Å². The van der Waals surface area contributed by atoms with Crippen molar-refractivity contribution in [3.8, 4) is 0 Å². The number of carbonyl (C=O) groups is 2. The highest BCUT2D eigenvalue weighted by atomic mass is 32.2. The second-order valence-corrected chi connectivity index (χ2v) is 8.13. The molecule has 3 fully saturated rings. The molecule has 2 aliphatic carbocycles. The Morgan fingerprint density at radius 3 is 2.67 bits per heavy atom. The molecule has 3 aliphatic rings. The lowest BCUT2D eigenvalue weighted by Crippen LogP contribution is -2.45. The average molecular weight is 310 g/mol. The van der Waals surface area contributed by atoms with Gasteiger partial charge in [-0.1, -0.05) is 19.8 Å². The summed E-state index contributed by atoms with van der Waals surface area (Å²) >= 11 is 2.02. The van der Waals surface area contributed by atoms with Crippen LogP contribution in [0.2, 0.25) is 0 Å². The van der Waals surface area contributed by atoms with E-state index < -0.39 is 0 Å². The molecule has 3 atom stereocenters. The minimum atomic E-state index is -0.256. The first-order chi connectivity index (χ1) is 10.2. The summed E-state index contributed by atoms with van der Waals surface area (Å²) in [6.45, 7) is 2.20. The van der Waals surface area contributed by atoms with Gasteiger partial charge in [-0.25, -0.2) is 0 Å². The minimum absolute atomic E-state index is 0.0403. The van der Waals surface area contributed by atoms with E-state index >= 15 is 0 Å². The van der Waals surface area contributed by atoms with Gasteiger partial charge in [0.2, 0.25) is 11.8 Å². The van der Waals surface area contributed by atoms with Gasteiger partial charge in [0.15, 0.2) is 0 Å². The van der Waals surface area contributed by atoms with Gasteiger partial charge >= 0.3 is 0 Å². The van der Waals surface area contributed by atoms with Gasteiger partial charge in [0, 0.05) is 17.3 Å². The zero-order chi connectivity index (χ0) is 14.8. The number of amides is 2. The van der Waals surface area contributed by atoms with E-state index in [0.717, 1.165) is 49.5 Å². The smallest absolute Gasteiger partial charge is 0.247 e. The molecule has 1 aliphatic heterocycles. The van der Waals surface area contributed by atoms with Gasteiger partial charge in [-0.2, -0.15) is 11.8 Å². The second kappa shape index (κ2) is 6.69. The molecular formula is C16H26N2O2S. The quantitative estimate of drug-likeness (QED) is 0.792. The highest BCUT2D eigenvalue weighted by molar-refractivity contribution is 7.99. The third kappa shape index (κ3) is 3.29. The minimum Gasteiger partial charge on any atom is -0.303 e. The number of rotatable bonds is 5. The van der Waals surface area contributed by atoms with Crippen LogP contribution in [0, 0.1) is 0 Å². The van der Waals surface area contributed by atoms with Crippen molar-refractivity contribution in [3.05, 3.63) is 0 Å². The van der Waals surface area contributed by atoms with Crippen LogP contribution in [-0.2, 0) is 9.59 Å². The number of nitrogens with one attached hydrogen (secondary N) is 1. The van der Waals surface area contributed by atoms with Crippen LogP contribution in [0.25, 0.3) is 0 Å². The Bertz CT molecular complexity index is 409. The number of likely N-dealkylation sites (tertiary alicyclic amines) is 1. The van der Waals surface area contributed by atoms with Gasteiger partial charge in [-0.15, -0.1) is 0 Å². The molecule has 21 heavy (non-hydrogen) atoms. The van der Waals surface area contributed by atoms with Crippen LogP contribution in [0.1, 0.15) is 58.3 Å². The zero-order valence-corrected chi connectivity index (χ0v) is 13.7. The number of hydrogen-bond donors (Lipinski definition) is 1. The summed E-state index contributed by atoms with van der Waals surface area (Å²) in [5.74, 6) is 1.24. The van der Waals surface area contributed by atoms with Crippen molar-refractivity contribution in [2.24, 2.45) is 0 Å². The molecule has 0 spiro atoms. The van der Waals surface area contributed by atoms with Gasteiger partial charge in [0.1, 0.15) is 0 Å². The van der Waals surface area contributed by atoms with Crippen LogP contribution in [0.5, 0.6) is 0 Å². The summed E-state index contributed by atoms with van der Waals surface area (Å²) < 4.78 is 0. The van der Waals surface area contributed by atoms with E-state index in [2.05, 4.69) is 12.2 Å². The summed E-state index contributed by atoms with van der Waals surface area (Å²) in [6, 6.07) is 0.344. The average Bonchev–Trinajstić information content (AvgIpc) is 3.15. The van der Waals surface area contributed by atoms with Gasteiger partial charge in [-0.05, 0) is 37.9 Å². The van der Waals surface area contributed by atoms with Crippen molar-refractivity contribution < 1.29 is 9.59 Å².